The largest absolute Gasteiger partial charge is 0.465 e. The summed E-state index contributed by atoms with van der Waals surface area (Å²) in [6, 6.07) is 15.0. The molecular formula is C15H19NO. The minimum atomic E-state index is 0.447. The van der Waals surface area contributed by atoms with Gasteiger partial charge in [-0.25, -0.2) is 0 Å². The summed E-state index contributed by atoms with van der Waals surface area (Å²) in [4.78, 5) is 0. The second-order valence-electron chi connectivity index (χ2n) is 4.48. The first-order chi connectivity index (χ1) is 8.24. The van der Waals surface area contributed by atoms with E-state index < -0.39 is 0 Å². The van der Waals surface area contributed by atoms with Crippen molar-refractivity contribution in [3.05, 3.63) is 59.5 Å². The summed E-state index contributed by atoms with van der Waals surface area (Å²) in [6.07, 6.45) is 1.04. The molecule has 17 heavy (non-hydrogen) atoms. The van der Waals surface area contributed by atoms with Gasteiger partial charge in [-0.15, -0.1) is 0 Å². The molecule has 1 heterocycles. The van der Waals surface area contributed by atoms with E-state index in [0.29, 0.717) is 6.04 Å². The third-order valence-electron chi connectivity index (χ3n) is 2.81. The number of rotatable bonds is 5. The first-order valence-electron chi connectivity index (χ1n) is 6.06. The number of hydrogen-bond donors (Lipinski definition) is 1. The second kappa shape index (κ2) is 5.69. The quantitative estimate of drug-likeness (QED) is 0.851. The lowest BCUT2D eigenvalue weighted by molar-refractivity contribution is 0.439. The van der Waals surface area contributed by atoms with Crippen LogP contribution in [0.2, 0.25) is 0 Å². The minimum absolute atomic E-state index is 0.447. The third kappa shape index (κ3) is 3.75. The molecule has 2 heteroatoms. The van der Waals surface area contributed by atoms with Gasteiger partial charge in [-0.05, 0) is 38.0 Å². The van der Waals surface area contributed by atoms with Gasteiger partial charge >= 0.3 is 0 Å². The molecule has 1 aromatic heterocycles. The Morgan fingerprint density at radius 1 is 1.12 bits per heavy atom. The Balaban J connectivity index is 1.80. The number of nitrogens with one attached hydrogen (secondary N) is 1. The molecule has 1 N–H and O–H groups in total. The molecule has 2 aromatic rings. The predicted molar refractivity (Wildman–Crippen MR) is 69.9 cm³/mol. The van der Waals surface area contributed by atoms with Crippen LogP contribution in [0.4, 0.5) is 0 Å². The molecule has 90 valence electrons. The van der Waals surface area contributed by atoms with Crippen LogP contribution in [-0.4, -0.2) is 6.04 Å². The summed E-state index contributed by atoms with van der Waals surface area (Å²) < 4.78 is 5.52. The normalized spacial score (nSPS) is 12.6. The van der Waals surface area contributed by atoms with Crippen LogP contribution in [0.15, 0.2) is 46.9 Å². The van der Waals surface area contributed by atoms with Crippen molar-refractivity contribution in [2.24, 2.45) is 0 Å². The maximum atomic E-state index is 5.52. The highest BCUT2D eigenvalue weighted by molar-refractivity contribution is 5.15. The topological polar surface area (TPSA) is 25.2 Å². The summed E-state index contributed by atoms with van der Waals surface area (Å²) in [5.41, 5.74) is 1.36. The number of benzene rings is 1. The fourth-order valence-corrected chi connectivity index (χ4v) is 1.89. The van der Waals surface area contributed by atoms with E-state index in [0.717, 1.165) is 24.5 Å². The Hall–Kier alpha value is -1.54. The minimum Gasteiger partial charge on any atom is -0.465 e. The highest BCUT2D eigenvalue weighted by Crippen LogP contribution is 2.07. The molecule has 0 aliphatic rings. The Bertz CT molecular complexity index is 447. The van der Waals surface area contributed by atoms with E-state index >= 15 is 0 Å². The van der Waals surface area contributed by atoms with Crippen LogP contribution in [0.1, 0.15) is 24.0 Å². The Morgan fingerprint density at radius 2 is 1.88 bits per heavy atom. The number of hydrogen-bond acceptors (Lipinski definition) is 2. The Morgan fingerprint density at radius 3 is 2.53 bits per heavy atom. The molecular weight excluding hydrogens is 210 g/mol. The van der Waals surface area contributed by atoms with E-state index in [1.54, 1.807) is 0 Å². The van der Waals surface area contributed by atoms with E-state index in [1.807, 2.05) is 25.1 Å². The monoisotopic (exact) mass is 229 g/mol. The molecule has 0 radical (unpaired) electrons. The van der Waals surface area contributed by atoms with Crippen LogP contribution in [0.25, 0.3) is 0 Å². The van der Waals surface area contributed by atoms with Crippen LogP contribution in [0.3, 0.4) is 0 Å². The van der Waals surface area contributed by atoms with Gasteiger partial charge in [0.15, 0.2) is 0 Å². The van der Waals surface area contributed by atoms with Crippen molar-refractivity contribution < 1.29 is 4.42 Å². The smallest absolute Gasteiger partial charge is 0.117 e. The van der Waals surface area contributed by atoms with Crippen molar-refractivity contribution in [2.45, 2.75) is 32.9 Å². The fourth-order valence-electron chi connectivity index (χ4n) is 1.89. The summed E-state index contributed by atoms with van der Waals surface area (Å²) in [7, 11) is 0. The molecule has 2 nitrogen and oxygen atoms in total. The van der Waals surface area contributed by atoms with Gasteiger partial charge in [0.2, 0.25) is 0 Å². The van der Waals surface area contributed by atoms with Gasteiger partial charge in [0.1, 0.15) is 11.5 Å². The number of furan rings is 1. The molecule has 0 fully saturated rings. The van der Waals surface area contributed by atoms with Crippen LogP contribution < -0.4 is 5.32 Å². The van der Waals surface area contributed by atoms with Crippen molar-refractivity contribution >= 4 is 0 Å². The molecule has 0 amide bonds. The van der Waals surface area contributed by atoms with Crippen LogP contribution in [0.5, 0.6) is 0 Å². The maximum absolute atomic E-state index is 5.52. The van der Waals surface area contributed by atoms with Gasteiger partial charge in [0.25, 0.3) is 0 Å². The SMILES string of the molecule is Cc1ccc(CN[C@@H](C)Cc2ccccc2)o1. The first kappa shape index (κ1) is 11.9. The lowest BCUT2D eigenvalue weighted by Gasteiger charge is -2.12. The van der Waals surface area contributed by atoms with Gasteiger partial charge in [-0.3, -0.25) is 0 Å². The standard InChI is InChI=1S/C15H19NO/c1-12(10-14-6-4-3-5-7-14)16-11-15-9-8-13(2)17-15/h3-9,12,16H,10-11H2,1-2H3/t12-/m0/s1. The Kier molecular flexibility index (Phi) is 3.99. The lowest BCUT2D eigenvalue weighted by atomic mass is 10.1. The zero-order chi connectivity index (χ0) is 12.1. The molecule has 0 saturated carbocycles. The zero-order valence-corrected chi connectivity index (χ0v) is 10.4. The van der Waals surface area contributed by atoms with E-state index in [1.165, 1.54) is 5.56 Å². The van der Waals surface area contributed by atoms with E-state index in [2.05, 4.69) is 36.5 Å². The molecule has 0 spiro atoms. The third-order valence-corrected chi connectivity index (χ3v) is 2.81. The van der Waals surface area contributed by atoms with Crippen molar-refractivity contribution in [1.29, 1.82) is 0 Å². The van der Waals surface area contributed by atoms with Crippen LogP contribution in [0, 0.1) is 6.92 Å². The van der Waals surface area contributed by atoms with E-state index in [4.69, 9.17) is 4.42 Å². The highest BCUT2D eigenvalue weighted by atomic mass is 16.3. The van der Waals surface area contributed by atoms with Crippen molar-refractivity contribution in [2.75, 3.05) is 0 Å². The van der Waals surface area contributed by atoms with Crippen molar-refractivity contribution in [3.63, 3.8) is 0 Å². The van der Waals surface area contributed by atoms with Crippen molar-refractivity contribution in [1.82, 2.24) is 5.32 Å². The molecule has 0 unspecified atom stereocenters. The second-order valence-corrected chi connectivity index (χ2v) is 4.48. The molecule has 1 aromatic carbocycles. The van der Waals surface area contributed by atoms with Crippen LogP contribution >= 0.6 is 0 Å². The Labute approximate surface area is 103 Å². The molecule has 0 bridgehead atoms. The molecule has 2 rings (SSSR count). The summed E-state index contributed by atoms with van der Waals surface area (Å²) in [5.74, 6) is 1.97. The lowest BCUT2D eigenvalue weighted by Crippen LogP contribution is -2.27. The molecule has 1 atom stereocenters. The van der Waals surface area contributed by atoms with Gasteiger partial charge < -0.3 is 9.73 Å². The number of aryl methyl sites for hydroxylation is 1. The van der Waals surface area contributed by atoms with Crippen molar-refractivity contribution in [3.8, 4) is 0 Å². The average Bonchev–Trinajstić information content (AvgIpc) is 2.74. The summed E-state index contributed by atoms with van der Waals surface area (Å²) >= 11 is 0. The predicted octanol–water partition coefficient (Wildman–Crippen LogP) is 3.31. The van der Waals surface area contributed by atoms with Crippen LogP contribution in [-0.2, 0) is 13.0 Å². The van der Waals surface area contributed by atoms with Gasteiger partial charge in [-0.1, -0.05) is 30.3 Å². The molecule has 0 aliphatic heterocycles. The summed E-state index contributed by atoms with van der Waals surface area (Å²) in [5, 5.41) is 3.47. The molecule has 0 aliphatic carbocycles. The first-order valence-corrected chi connectivity index (χ1v) is 6.06. The molecule has 0 saturated heterocycles. The van der Waals surface area contributed by atoms with Gasteiger partial charge in [0, 0.05) is 6.04 Å². The highest BCUT2D eigenvalue weighted by Gasteiger charge is 2.04. The van der Waals surface area contributed by atoms with Gasteiger partial charge in [0.05, 0.1) is 6.54 Å². The zero-order valence-electron chi connectivity index (χ0n) is 10.4. The average molecular weight is 229 g/mol. The van der Waals surface area contributed by atoms with E-state index in [9.17, 15) is 0 Å². The maximum Gasteiger partial charge on any atom is 0.117 e. The van der Waals surface area contributed by atoms with Gasteiger partial charge in [-0.2, -0.15) is 0 Å². The fraction of sp³-hybridized carbons (Fsp3) is 0.333. The summed E-state index contributed by atoms with van der Waals surface area (Å²) in [6.45, 7) is 4.96. The van der Waals surface area contributed by atoms with E-state index in [-0.39, 0.29) is 0 Å².